The number of nitrogens with zero attached hydrogens (tertiary/aromatic N) is 3. The van der Waals surface area contributed by atoms with E-state index < -0.39 is 0 Å². The summed E-state index contributed by atoms with van der Waals surface area (Å²) in [5.74, 6) is 1.21. The maximum absolute atomic E-state index is 5.88. The van der Waals surface area contributed by atoms with Gasteiger partial charge in [-0.2, -0.15) is 0 Å². The smallest absolute Gasteiger partial charge is 0.218 e. The second-order valence-corrected chi connectivity index (χ2v) is 4.50. The summed E-state index contributed by atoms with van der Waals surface area (Å²) in [7, 11) is 1.59. The minimum Gasteiger partial charge on any atom is -0.481 e. The Kier molecular flexibility index (Phi) is 4.33. The Labute approximate surface area is 118 Å². The Hall–Kier alpha value is -1.40. The lowest BCUT2D eigenvalue weighted by atomic mass is 10.2. The molecule has 0 atom stereocenters. The molecule has 2 aromatic rings. The molecule has 0 amide bonds. The Morgan fingerprint density at radius 1 is 1.39 bits per heavy atom. The van der Waals surface area contributed by atoms with E-state index in [2.05, 4.69) is 36.2 Å². The van der Waals surface area contributed by atoms with E-state index in [1.165, 1.54) is 6.33 Å². The second-order valence-electron chi connectivity index (χ2n) is 3.35. The lowest BCUT2D eigenvalue weighted by molar-refractivity contribution is 0.393. The minimum absolute atomic E-state index is 0.366. The van der Waals surface area contributed by atoms with Crippen LogP contribution in [0.3, 0.4) is 0 Å². The number of aromatic nitrogens is 3. The van der Waals surface area contributed by atoms with Crippen LogP contribution in [0.25, 0.3) is 0 Å². The van der Waals surface area contributed by atoms with Crippen LogP contribution in [0.5, 0.6) is 5.88 Å². The highest BCUT2D eigenvalue weighted by Crippen LogP contribution is 2.26. The van der Waals surface area contributed by atoms with Crippen LogP contribution in [0.1, 0.15) is 5.56 Å². The van der Waals surface area contributed by atoms with Crippen molar-refractivity contribution in [2.75, 3.05) is 12.4 Å². The van der Waals surface area contributed by atoms with Crippen LogP contribution in [-0.4, -0.2) is 22.1 Å². The van der Waals surface area contributed by atoms with Crippen LogP contribution < -0.4 is 10.1 Å². The fraction of sp³-hybridized carbons (Fsp3) is 0.182. The zero-order chi connectivity index (χ0) is 13.0. The van der Waals surface area contributed by atoms with Crippen molar-refractivity contribution < 1.29 is 4.74 Å². The van der Waals surface area contributed by atoms with Crippen LogP contribution in [0, 0.1) is 0 Å². The quantitative estimate of drug-likeness (QED) is 0.874. The van der Waals surface area contributed by atoms with Crippen molar-refractivity contribution in [3.05, 3.63) is 39.8 Å². The summed E-state index contributed by atoms with van der Waals surface area (Å²) in [5, 5.41) is 3.51. The largest absolute Gasteiger partial charge is 0.481 e. The number of nitrogens with one attached hydrogen (secondary N) is 1. The second kappa shape index (κ2) is 5.97. The fourth-order valence-electron chi connectivity index (χ4n) is 1.39. The van der Waals surface area contributed by atoms with Gasteiger partial charge in [-0.05, 0) is 22.0 Å². The third-order valence-corrected chi connectivity index (χ3v) is 3.50. The predicted octanol–water partition coefficient (Wildman–Crippen LogP) is 2.91. The van der Waals surface area contributed by atoms with Gasteiger partial charge in [-0.15, -0.1) is 0 Å². The molecule has 0 unspecified atom stereocenters. The fourth-order valence-corrected chi connectivity index (χ4v) is 1.87. The summed E-state index contributed by atoms with van der Waals surface area (Å²) in [6.07, 6.45) is 3.08. The predicted molar refractivity (Wildman–Crippen MR) is 72.9 cm³/mol. The normalized spacial score (nSPS) is 10.2. The molecule has 0 aliphatic rings. The molecule has 18 heavy (non-hydrogen) atoms. The summed E-state index contributed by atoms with van der Waals surface area (Å²) < 4.78 is 5.80. The molecule has 5 nitrogen and oxygen atoms in total. The van der Waals surface area contributed by atoms with Crippen molar-refractivity contribution >= 4 is 33.3 Å². The van der Waals surface area contributed by atoms with Gasteiger partial charge in [0.2, 0.25) is 5.88 Å². The van der Waals surface area contributed by atoms with Gasteiger partial charge in [-0.25, -0.2) is 15.0 Å². The van der Waals surface area contributed by atoms with Crippen LogP contribution in [0.2, 0.25) is 5.15 Å². The zero-order valence-electron chi connectivity index (χ0n) is 9.52. The Morgan fingerprint density at radius 3 is 3.00 bits per heavy atom. The molecule has 2 aromatic heterocycles. The van der Waals surface area contributed by atoms with E-state index in [0.717, 1.165) is 5.56 Å². The highest BCUT2D eigenvalue weighted by molar-refractivity contribution is 9.10. The number of hydrogen-bond donors (Lipinski definition) is 1. The molecule has 0 bridgehead atoms. The monoisotopic (exact) mass is 328 g/mol. The number of halogens is 2. The highest BCUT2D eigenvalue weighted by atomic mass is 79.9. The summed E-state index contributed by atoms with van der Waals surface area (Å²) >= 11 is 9.20. The summed E-state index contributed by atoms with van der Waals surface area (Å²) in [6, 6.07) is 3.77. The minimum atomic E-state index is 0.366. The molecule has 94 valence electrons. The molecular formula is C11H10BrClN4O. The average molecular weight is 330 g/mol. The molecule has 2 heterocycles. The van der Waals surface area contributed by atoms with E-state index in [0.29, 0.717) is 27.9 Å². The van der Waals surface area contributed by atoms with Gasteiger partial charge in [0.05, 0.1) is 11.6 Å². The van der Waals surface area contributed by atoms with E-state index in [1.54, 1.807) is 13.3 Å². The maximum atomic E-state index is 5.88. The van der Waals surface area contributed by atoms with E-state index >= 15 is 0 Å². The molecule has 0 spiro atoms. The van der Waals surface area contributed by atoms with Gasteiger partial charge < -0.3 is 10.1 Å². The Bertz CT molecular complexity index is 552. The lowest BCUT2D eigenvalue weighted by Gasteiger charge is -2.10. The summed E-state index contributed by atoms with van der Waals surface area (Å²) in [4.78, 5) is 12.1. The molecule has 0 saturated heterocycles. The molecule has 1 N–H and O–H groups in total. The van der Waals surface area contributed by atoms with Gasteiger partial charge in [0.1, 0.15) is 17.3 Å². The van der Waals surface area contributed by atoms with E-state index in [4.69, 9.17) is 16.3 Å². The maximum Gasteiger partial charge on any atom is 0.218 e. The summed E-state index contributed by atoms with van der Waals surface area (Å²) in [5.41, 5.74) is 0.932. The number of pyridine rings is 1. The molecule has 2 rings (SSSR count). The van der Waals surface area contributed by atoms with Gasteiger partial charge in [0, 0.05) is 18.3 Å². The molecule has 7 heteroatoms. The highest BCUT2D eigenvalue weighted by Gasteiger charge is 2.08. The molecule has 0 fully saturated rings. The first-order chi connectivity index (χ1) is 8.72. The number of rotatable bonds is 4. The van der Waals surface area contributed by atoms with Gasteiger partial charge in [-0.3, -0.25) is 0 Å². The average Bonchev–Trinajstić information content (AvgIpc) is 2.41. The van der Waals surface area contributed by atoms with Gasteiger partial charge >= 0.3 is 0 Å². The number of methoxy groups -OCH3 is 1. The van der Waals surface area contributed by atoms with Crippen molar-refractivity contribution in [1.82, 2.24) is 15.0 Å². The molecule has 0 aliphatic carbocycles. The number of ether oxygens (including phenoxy) is 1. The van der Waals surface area contributed by atoms with Crippen LogP contribution in [0.4, 0.5) is 5.82 Å². The molecule has 0 aromatic carbocycles. The van der Waals surface area contributed by atoms with E-state index in [9.17, 15) is 0 Å². The topological polar surface area (TPSA) is 59.9 Å². The first kappa shape index (κ1) is 13.0. The van der Waals surface area contributed by atoms with Crippen molar-refractivity contribution in [3.63, 3.8) is 0 Å². The summed E-state index contributed by atoms with van der Waals surface area (Å²) in [6.45, 7) is 0.531. The van der Waals surface area contributed by atoms with Crippen molar-refractivity contribution in [3.8, 4) is 5.88 Å². The Morgan fingerprint density at radius 2 is 2.22 bits per heavy atom. The SMILES string of the molecule is COc1ncccc1CNc1ncnc(Cl)c1Br. The van der Waals surface area contributed by atoms with Crippen molar-refractivity contribution in [2.24, 2.45) is 0 Å². The zero-order valence-corrected chi connectivity index (χ0v) is 11.9. The van der Waals surface area contributed by atoms with E-state index in [1.807, 2.05) is 12.1 Å². The van der Waals surface area contributed by atoms with Gasteiger partial charge in [0.25, 0.3) is 0 Å². The first-order valence-electron chi connectivity index (χ1n) is 5.10. The third kappa shape index (κ3) is 2.88. The molecule has 0 saturated carbocycles. The standard InChI is InChI=1S/C11H10BrClN4O/c1-18-11-7(3-2-4-14-11)5-15-10-8(12)9(13)16-6-17-10/h2-4,6H,5H2,1H3,(H,15,16,17). The van der Waals surface area contributed by atoms with Crippen molar-refractivity contribution in [1.29, 1.82) is 0 Å². The number of hydrogen-bond acceptors (Lipinski definition) is 5. The Balaban J connectivity index is 2.14. The van der Waals surface area contributed by atoms with Crippen molar-refractivity contribution in [2.45, 2.75) is 6.54 Å². The van der Waals surface area contributed by atoms with Gasteiger partial charge in [0.15, 0.2) is 0 Å². The van der Waals surface area contributed by atoms with E-state index in [-0.39, 0.29) is 0 Å². The first-order valence-corrected chi connectivity index (χ1v) is 6.27. The third-order valence-electron chi connectivity index (χ3n) is 2.24. The van der Waals surface area contributed by atoms with Crippen LogP contribution in [0.15, 0.2) is 29.1 Å². The van der Waals surface area contributed by atoms with Gasteiger partial charge in [-0.1, -0.05) is 17.7 Å². The van der Waals surface area contributed by atoms with Crippen LogP contribution >= 0.6 is 27.5 Å². The number of anilines is 1. The molecule has 0 aliphatic heterocycles. The molecular weight excluding hydrogens is 320 g/mol. The lowest BCUT2D eigenvalue weighted by Crippen LogP contribution is -2.05. The molecule has 0 radical (unpaired) electrons. The van der Waals surface area contributed by atoms with Crippen LogP contribution in [-0.2, 0) is 6.54 Å².